The van der Waals surface area contributed by atoms with Crippen molar-refractivity contribution in [3.8, 4) is 0 Å². The van der Waals surface area contributed by atoms with Gasteiger partial charge in [0.15, 0.2) is 0 Å². The van der Waals surface area contributed by atoms with E-state index in [2.05, 4.69) is 31.1 Å². The molecule has 0 aromatic carbocycles. The average molecular weight is 258 g/mol. The lowest BCUT2D eigenvalue weighted by Crippen LogP contribution is -2.35. The number of hydrogen-bond acceptors (Lipinski definition) is 4. The van der Waals surface area contributed by atoms with Crippen LogP contribution in [0.25, 0.3) is 0 Å². The second-order valence-electron chi connectivity index (χ2n) is 5.18. The third kappa shape index (κ3) is 4.40. The number of halogens is 1. The summed E-state index contributed by atoms with van der Waals surface area (Å²) in [6.07, 6.45) is 0.650. The van der Waals surface area contributed by atoms with E-state index in [-0.39, 0.29) is 18.1 Å². The van der Waals surface area contributed by atoms with Crippen molar-refractivity contribution in [1.29, 1.82) is 0 Å². The largest absolute Gasteiger partial charge is 0.399 e. The maximum atomic E-state index is 9.08. The molecule has 0 amide bonds. The Bertz CT molecular complexity index is 356. The van der Waals surface area contributed by atoms with Crippen molar-refractivity contribution >= 4 is 23.1 Å². The number of nitrogens with two attached hydrogens (primary N) is 1. The smallest absolute Gasteiger partial charge is 0.133 e. The minimum atomic E-state index is 0.0154. The van der Waals surface area contributed by atoms with Gasteiger partial charge in [-0.15, -0.1) is 0 Å². The summed E-state index contributed by atoms with van der Waals surface area (Å²) < 4.78 is 0. The van der Waals surface area contributed by atoms with Crippen molar-refractivity contribution < 1.29 is 5.11 Å². The Morgan fingerprint density at radius 2 is 2.12 bits per heavy atom. The molecule has 0 aliphatic heterocycles. The van der Waals surface area contributed by atoms with E-state index >= 15 is 0 Å². The van der Waals surface area contributed by atoms with Gasteiger partial charge in [0.1, 0.15) is 11.0 Å². The summed E-state index contributed by atoms with van der Waals surface area (Å²) in [4.78, 5) is 4.16. The fraction of sp³-hybridized carbons (Fsp3) is 0.583. The summed E-state index contributed by atoms with van der Waals surface area (Å²) in [5.41, 5.74) is 6.29. The number of pyridine rings is 1. The van der Waals surface area contributed by atoms with Gasteiger partial charge in [-0.05, 0) is 17.9 Å². The Morgan fingerprint density at radius 3 is 2.59 bits per heavy atom. The van der Waals surface area contributed by atoms with E-state index in [1.165, 1.54) is 0 Å². The summed E-state index contributed by atoms with van der Waals surface area (Å²) in [5, 5.41) is 12.7. The number of aromatic nitrogens is 1. The number of aliphatic hydroxyl groups excluding tert-OH is 1. The van der Waals surface area contributed by atoms with Crippen LogP contribution in [0.4, 0.5) is 11.5 Å². The second kappa shape index (κ2) is 5.56. The van der Waals surface area contributed by atoms with Crippen LogP contribution < -0.4 is 11.1 Å². The molecule has 4 N–H and O–H groups in total. The molecule has 0 saturated carbocycles. The lowest BCUT2D eigenvalue weighted by atomic mass is 9.85. The van der Waals surface area contributed by atoms with E-state index in [1.54, 1.807) is 12.1 Å². The molecule has 0 aliphatic carbocycles. The predicted molar refractivity (Wildman–Crippen MR) is 72.2 cm³/mol. The number of rotatable bonds is 4. The molecule has 1 heterocycles. The van der Waals surface area contributed by atoms with Gasteiger partial charge in [-0.1, -0.05) is 32.4 Å². The summed E-state index contributed by atoms with van der Waals surface area (Å²) >= 11 is 5.84. The Kier molecular flexibility index (Phi) is 4.60. The van der Waals surface area contributed by atoms with Crippen LogP contribution in [-0.2, 0) is 0 Å². The molecule has 0 bridgehead atoms. The maximum Gasteiger partial charge on any atom is 0.133 e. The first-order valence-corrected chi connectivity index (χ1v) is 6.01. The van der Waals surface area contributed by atoms with Crippen molar-refractivity contribution in [2.75, 3.05) is 17.7 Å². The molecule has 1 unspecified atom stereocenters. The van der Waals surface area contributed by atoms with Crippen LogP contribution in [0.15, 0.2) is 12.1 Å². The molecule has 0 radical (unpaired) electrons. The predicted octanol–water partition coefficient (Wildman–Crippen LogP) is 2.53. The first kappa shape index (κ1) is 14.1. The lowest BCUT2D eigenvalue weighted by molar-refractivity contribution is 0.235. The van der Waals surface area contributed by atoms with Crippen LogP contribution in [0, 0.1) is 5.41 Å². The quantitative estimate of drug-likeness (QED) is 0.725. The molecule has 0 spiro atoms. The van der Waals surface area contributed by atoms with Crippen LogP contribution in [0.3, 0.4) is 0 Å². The molecular formula is C12H20ClN3O. The number of nitrogens with one attached hydrogen (secondary N) is 1. The van der Waals surface area contributed by atoms with Crippen molar-refractivity contribution in [2.24, 2.45) is 5.41 Å². The highest BCUT2D eigenvalue weighted by Crippen LogP contribution is 2.26. The van der Waals surface area contributed by atoms with E-state index in [1.807, 2.05) is 0 Å². The van der Waals surface area contributed by atoms with Crippen LogP contribution in [0.1, 0.15) is 27.2 Å². The van der Waals surface area contributed by atoms with E-state index < -0.39 is 0 Å². The number of aliphatic hydroxyl groups is 1. The van der Waals surface area contributed by atoms with Crippen LogP contribution in [0.5, 0.6) is 0 Å². The zero-order chi connectivity index (χ0) is 13.1. The molecule has 1 aromatic rings. The molecule has 17 heavy (non-hydrogen) atoms. The van der Waals surface area contributed by atoms with Gasteiger partial charge in [-0.25, -0.2) is 4.98 Å². The van der Waals surface area contributed by atoms with Crippen LogP contribution >= 0.6 is 11.6 Å². The molecule has 0 fully saturated rings. The Morgan fingerprint density at radius 1 is 1.47 bits per heavy atom. The number of anilines is 2. The van der Waals surface area contributed by atoms with Gasteiger partial charge in [0.25, 0.3) is 0 Å². The van der Waals surface area contributed by atoms with Gasteiger partial charge in [0.05, 0.1) is 0 Å². The van der Waals surface area contributed by atoms with Crippen molar-refractivity contribution in [2.45, 2.75) is 33.2 Å². The molecule has 0 aliphatic rings. The summed E-state index contributed by atoms with van der Waals surface area (Å²) in [6.45, 7) is 6.45. The highest BCUT2D eigenvalue weighted by Gasteiger charge is 2.24. The number of hydrogen-bond donors (Lipinski definition) is 3. The highest BCUT2D eigenvalue weighted by atomic mass is 35.5. The normalized spacial score (nSPS) is 13.5. The minimum Gasteiger partial charge on any atom is -0.399 e. The zero-order valence-corrected chi connectivity index (χ0v) is 11.3. The van der Waals surface area contributed by atoms with Gasteiger partial charge in [0.2, 0.25) is 0 Å². The van der Waals surface area contributed by atoms with Crippen molar-refractivity contribution in [3.05, 3.63) is 17.3 Å². The Labute approximate surface area is 107 Å². The van der Waals surface area contributed by atoms with E-state index in [0.717, 1.165) is 0 Å². The van der Waals surface area contributed by atoms with Crippen LogP contribution in [0.2, 0.25) is 5.15 Å². The molecular weight excluding hydrogens is 238 g/mol. The maximum absolute atomic E-state index is 9.08. The van der Waals surface area contributed by atoms with E-state index in [0.29, 0.717) is 23.1 Å². The highest BCUT2D eigenvalue weighted by molar-refractivity contribution is 6.29. The first-order chi connectivity index (χ1) is 7.82. The molecule has 1 aromatic heterocycles. The van der Waals surface area contributed by atoms with Gasteiger partial charge in [0, 0.05) is 24.4 Å². The average Bonchev–Trinajstić information content (AvgIpc) is 2.13. The second-order valence-corrected chi connectivity index (χ2v) is 5.57. The fourth-order valence-electron chi connectivity index (χ4n) is 1.62. The summed E-state index contributed by atoms with van der Waals surface area (Å²) in [6, 6.07) is 3.45. The minimum absolute atomic E-state index is 0.0154. The Balaban J connectivity index is 2.86. The molecule has 1 rings (SSSR count). The summed E-state index contributed by atoms with van der Waals surface area (Å²) in [7, 11) is 0. The molecule has 1 atom stereocenters. The van der Waals surface area contributed by atoms with E-state index in [4.69, 9.17) is 22.4 Å². The standard InChI is InChI=1S/C12H20ClN3O/c1-12(2,3)9(4-5-17)15-11-7-8(14)6-10(13)16-11/h6-7,9,17H,4-5H2,1-3H3,(H3,14,15,16). The monoisotopic (exact) mass is 257 g/mol. The molecule has 96 valence electrons. The first-order valence-electron chi connectivity index (χ1n) is 5.63. The lowest BCUT2D eigenvalue weighted by Gasteiger charge is -2.31. The number of nitrogen functional groups attached to an aromatic ring is 1. The summed E-state index contributed by atoms with van der Waals surface area (Å²) in [5.74, 6) is 0.642. The topological polar surface area (TPSA) is 71.2 Å². The third-order valence-electron chi connectivity index (χ3n) is 2.60. The SMILES string of the molecule is CC(C)(C)C(CCO)Nc1cc(N)cc(Cl)n1. The zero-order valence-electron chi connectivity index (χ0n) is 10.5. The van der Waals surface area contributed by atoms with Gasteiger partial charge < -0.3 is 16.2 Å². The van der Waals surface area contributed by atoms with Crippen LogP contribution in [-0.4, -0.2) is 22.7 Å². The van der Waals surface area contributed by atoms with Gasteiger partial charge in [-0.2, -0.15) is 0 Å². The van der Waals surface area contributed by atoms with Gasteiger partial charge >= 0.3 is 0 Å². The van der Waals surface area contributed by atoms with Crippen molar-refractivity contribution in [3.63, 3.8) is 0 Å². The molecule has 4 nitrogen and oxygen atoms in total. The Hall–Kier alpha value is -1.00. The molecule has 5 heteroatoms. The molecule has 0 saturated heterocycles. The third-order valence-corrected chi connectivity index (χ3v) is 2.80. The number of nitrogens with zero attached hydrogens (tertiary/aromatic N) is 1. The van der Waals surface area contributed by atoms with Gasteiger partial charge in [-0.3, -0.25) is 0 Å². The van der Waals surface area contributed by atoms with E-state index in [9.17, 15) is 0 Å². The fourth-order valence-corrected chi connectivity index (χ4v) is 1.84. The van der Waals surface area contributed by atoms with Crippen molar-refractivity contribution in [1.82, 2.24) is 4.98 Å².